The first-order chi connectivity index (χ1) is 24.9. The zero-order chi connectivity index (χ0) is 36.8. The van der Waals surface area contributed by atoms with Gasteiger partial charge in [-0.15, -0.1) is 0 Å². The molecule has 0 radical (unpaired) electrons. The van der Waals surface area contributed by atoms with E-state index in [1.54, 1.807) is 48.9 Å². The van der Waals surface area contributed by atoms with Gasteiger partial charge in [-0.1, -0.05) is 30.3 Å². The Kier molecular flexibility index (Phi) is 9.23. The van der Waals surface area contributed by atoms with E-state index < -0.39 is 17.5 Å². The largest absolute Gasteiger partial charge is 0.464 e. The standard InChI is InChI=1S/C41H44N4O7/c1-24(46)52-40(2,3)39(50)44-41-17-16-33(31-21-26(22-41)19-28(31)23-41)43-37(48)27-14-12-25(13-15-27)20-32-34(38(49)51-4)45(29-9-6-5-7-10-29)36-30(35(32)47)11-8-18-42-36/h5-15,18,26,28,31,33H,16-17,19-23H2,1-4H3,(H,43,48)(H,44,50)/t26-,28?,31+,33-,41+/m1/s1. The minimum atomic E-state index is -1.27. The van der Waals surface area contributed by atoms with Gasteiger partial charge >= 0.3 is 11.9 Å². The van der Waals surface area contributed by atoms with Gasteiger partial charge in [0, 0.05) is 47.9 Å². The Hall–Kier alpha value is -5.32. The van der Waals surface area contributed by atoms with Crippen LogP contribution >= 0.6 is 0 Å². The number of ether oxygens (including phenoxy) is 2. The summed E-state index contributed by atoms with van der Waals surface area (Å²) in [5.74, 6) is -0.450. The summed E-state index contributed by atoms with van der Waals surface area (Å²) in [6.45, 7) is 4.53. The molecule has 11 heteroatoms. The van der Waals surface area contributed by atoms with E-state index >= 15 is 0 Å². The number of aromatic nitrogens is 2. The first-order valence-electron chi connectivity index (χ1n) is 18.0. The Morgan fingerprint density at radius 3 is 2.44 bits per heavy atom. The highest BCUT2D eigenvalue weighted by Crippen LogP contribution is 2.55. The molecule has 2 aromatic carbocycles. The Bertz CT molecular complexity index is 2110. The van der Waals surface area contributed by atoms with E-state index in [1.165, 1.54) is 14.0 Å². The molecule has 3 aliphatic carbocycles. The number of esters is 2. The van der Waals surface area contributed by atoms with Crippen molar-refractivity contribution in [1.29, 1.82) is 0 Å². The number of rotatable bonds is 9. The lowest BCUT2D eigenvalue weighted by molar-refractivity contribution is -0.164. The number of fused-ring (bicyclic) bond motifs is 3. The van der Waals surface area contributed by atoms with Crippen LogP contribution in [0.5, 0.6) is 0 Å². The van der Waals surface area contributed by atoms with Crippen LogP contribution in [0, 0.1) is 17.8 Å². The molecule has 0 saturated heterocycles. The number of para-hydroxylation sites is 1. The molecule has 52 heavy (non-hydrogen) atoms. The summed E-state index contributed by atoms with van der Waals surface area (Å²) in [7, 11) is 1.29. The summed E-state index contributed by atoms with van der Waals surface area (Å²) in [4.78, 5) is 70.3. The second kappa shape index (κ2) is 13.7. The van der Waals surface area contributed by atoms with Crippen molar-refractivity contribution in [3.8, 4) is 5.69 Å². The maximum atomic E-state index is 13.9. The zero-order valence-electron chi connectivity index (χ0n) is 29.9. The van der Waals surface area contributed by atoms with E-state index in [1.807, 2.05) is 42.5 Å². The van der Waals surface area contributed by atoms with E-state index in [-0.39, 0.29) is 46.5 Å². The maximum absolute atomic E-state index is 13.9. The fourth-order valence-electron chi connectivity index (χ4n) is 9.10. The topological polar surface area (TPSA) is 146 Å². The van der Waals surface area contributed by atoms with Crippen LogP contribution in [-0.4, -0.2) is 57.6 Å². The number of nitrogens with zero attached hydrogens (tertiary/aromatic N) is 2. The van der Waals surface area contributed by atoms with Crippen molar-refractivity contribution >= 4 is 34.8 Å². The summed E-state index contributed by atoms with van der Waals surface area (Å²) in [6.07, 6.45) is 7.01. The number of carbonyl (C=O) groups is 4. The zero-order valence-corrected chi connectivity index (χ0v) is 29.9. The van der Waals surface area contributed by atoms with E-state index in [0.29, 0.717) is 40.0 Å². The highest BCUT2D eigenvalue weighted by Gasteiger charge is 2.54. The van der Waals surface area contributed by atoms with Crippen molar-refractivity contribution < 1.29 is 28.7 Å². The Morgan fingerprint density at radius 1 is 0.981 bits per heavy atom. The van der Waals surface area contributed by atoms with Gasteiger partial charge in [-0.2, -0.15) is 0 Å². The average Bonchev–Trinajstić information content (AvgIpc) is 3.39. The third-order valence-corrected chi connectivity index (χ3v) is 11.3. The Balaban J connectivity index is 1.11. The smallest absolute Gasteiger partial charge is 0.355 e. The van der Waals surface area contributed by atoms with Crippen LogP contribution in [0.25, 0.3) is 16.7 Å². The number of hydrogen-bond acceptors (Lipinski definition) is 8. The molecule has 2 aromatic heterocycles. The maximum Gasteiger partial charge on any atom is 0.355 e. The van der Waals surface area contributed by atoms with E-state index in [0.717, 1.165) is 44.1 Å². The molecule has 4 aromatic rings. The quantitative estimate of drug-likeness (QED) is 0.224. The third-order valence-electron chi connectivity index (χ3n) is 11.3. The molecule has 1 unspecified atom stereocenters. The second-order valence-corrected chi connectivity index (χ2v) is 15.2. The molecular weight excluding hydrogens is 660 g/mol. The molecule has 2 N–H and O–H groups in total. The molecule has 11 nitrogen and oxygen atoms in total. The van der Waals surface area contributed by atoms with Crippen molar-refractivity contribution in [2.24, 2.45) is 17.8 Å². The van der Waals surface area contributed by atoms with Crippen molar-refractivity contribution in [3.63, 3.8) is 0 Å². The van der Waals surface area contributed by atoms with Crippen LogP contribution in [-0.2, 0) is 25.5 Å². The summed E-state index contributed by atoms with van der Waals surface area (Å²) in [5, 5.41) is 7.00. The van der Waals surface area contributed by atoms with Crippen LogP contribution in [0.1, 0.15) is 91.3 Å². The normalized spacial score (nSPS) is 23.5. The van der Waals surface area contributed by atoms with Crippen molar-refractivity contribution in [2.75, 3.05) is 7.11 Å². The van der Waals surface area contributed by atoms with Gasteiger partial charge < -0.3 is 20.1 Å². The van der Waals surface area contributed by atoms with Crippen LogP contribution in [0.15, 0.2) is 77.7 Å². The van der Waals surface area contributed by atoms with Gasteiger partial charge in [0.05, 0.1) is 12.5 Å². The molecule has 2 heterocycles. The number of amides is 2. The average molecular weight is 705 g/mol. The van der Waals surface area contributed by atoms with Gasteiger partial charge in [0.2, 0.25) is 0 Å². The number of pyridine rings is 2. The minimum absolute atomic E-state index is 0.0342. The molecule has 3 fully saturated rings. The third kappa shape index (κ3) is 6.60. The number of nitrogens with one attached hydrogen (secondary N) is 2. The van der Waals surface area contributed by atoms with Crippen molar-refractivity contribution in [3.05, 3.63) is 106 Å². The predicted molar refractivity (Wildman–Crippen MR) is 194 cm³/mol. The summed E-state index contributed by atoms with van der Waals surface area (Å²) < 4.78 is 12.2. The molecule has 5 atom stereocenters. The first kappa shape index (κ1) is 35.1. The van der Waals surface area contributed by atoms with Gasteiger partial charge in [-0.05, 0) is 112 Å². The lowest BCUT2D eigenvalue weighted by Gasteiger charge is -2.42. The molecule has 3 bridgehead atoms. The summed E-state index contributed by atoms with van der Waals surface area (Å²) in [6, 6.07) is 19.7. The van der Waals surface area contributed by atoms with Crippen LogP contribution in [0.3, 0.4) is 0 Å². The van der Waals surface area contributed by atoms with Gasteiger partial charge in [-0.25, -0.2) is 9.78 Å². The first-order valence-corrected chi connectivity index (χ1v) is 18.0. The molecule has 270 valence electrons. The molecule has 3 aliphatic rings. The predicted octanol–water partition coefficient (Wildman–Crippen LogP) is 5.29. The Labute approximate surface area is 302 Å². The molecule has 7 rings (SSSR count). The van der Waals surface area contributed by atoms with Gasteiger partial charge in [0.25, 0.3) is 11.8 Å². The SMILES string of the molecule is COC(=O)c1c(Cc2ccc(C(=O)N[C@@H]3CC[C@@]4(NC(=O)C(C)(C)OC(C)=O)CC5C[C@H](C[C@@H]53)C4)cc2)c(=O)c2cccnc2n1-c1ccccc1. The van der Waals surface area contributed by atoms with Crippen LogP contribution in [0.2, 0.25) is 0 Å². The number of carbonyl (C=O) groups excluding carboxylic acids is 4. The number of methoxy groups -OCH3 is 1. The molecule has 0 spiro atoms. The lowest BCUT2D eigenvalue weighted by atomic mass is 9.73. The van der Waals surface area contributed by atoms with E-state index in [9.17, 15) is 24.0 Å². The minimum Gasteiger partial charge on any atom is -0.464 e. The molecular formula is C41H44N4O7. The van der Waals surface area contributed by atoms with Gasteiger partial charge in [0.1, 0.15) is 11.3 Å². The lowest BCUT2D eigenvalue weighted by Crippen LogP contribution is -2.57. The summed E-state index contributed by atoms with van der Waals surface area (Å²) in [5.41, 5.74) is 0.681. The highest BCUT2D eigenvalue weighted by molar-refractivity contribution is 5.95. The van der Waals surface area contributed by atoms with Gasteiger partial charge in [-0.3, -0.25) is 23.7 Å². The van der Waals surface area contributed by atoms with Gasteiger partial charge in [0.15, 0.2) is 11.0 Å². The Morgan fingerprint density at radius 2 is 1.73 bits per heavy atom. The number of hydrogen-bond donors (Lipinski definition) is 2. The summed E-state index contributed by atoms with van der Waals surface area (Å²) >= 11 is 0. The highest BCUT2D eigenvalue weighted by atomic mass is 16.6. The molecule has 3 saturated carbocycles. The fourth-order valence-corrected chi connectivity index (χ4v) is 9.10. The van der Waals surface area contributed by atoms with E-state index in [4.69, 9.17) is 9.47 Å². The monoisotopic (exact) mass is 704 g/mol. The fraction of sp³-hybridized carbons (Fsp3) is 0.415. The van der Waals surface area contributed by atoms with Crippen LogP contribution < -0.4 is 16.1 Å². The molecule has 2 amide bonds. The second-order valence-electron chi connectivity index (χ2n) is 15.2. The van der Waals surface area contributed by atoms with Crippen molar-refractivity contribution in [2.45, 2.75) is 82.9 Å². The van der Waals surface area contributed by atoms with Crippen molar-refractivity contribution in [1.82, 2.24) is 20.2 Å². The van der Waals surface area contributed by atoms with Crippen LogP contribution in [0.4, 0.5) is 0 Å². The number of benzene rings is 2. The van der Waals surface area contributed by atoms with E-state index in [2.05, 4.69) is 15.6 Å². The molecule has 0 aliphatic heterocycles.